The van der Waals surface area contributed by atoms with Crippen LogP contribution >= 0.6 is 0 Å². The summed E-state index contributed by atoms with van der Waals surface area (Å²) in [5.41, 5.74) is 0.979. The number of phenols is 1. The van der Waals surface area contributed by atoms with E-state index in [1.807, 2.05) is 13.0 Å². The van der Waals surface area contributed by atoms with Crippen molar-refractivity contribution in [2.75, 3.05) is 13.4 Å². The maximum Gasteiger partial charge on any atom is 0.189 e. The number of hydrogen-bond donors (Lipinski definition) is 1. The molecule has 1 aliphatic rings. The second kappa shape index (κ2) is 4.53. The van der Waals surface area contributed by atoms with E-state index in [9.17, 15) is 5.11 Å². The molecule has 2 rings (SSSR count). The first kappa shape index (κ1) is 10.3. The average molecular weight is 208 g/mol. The van der Waals surface area contributed by atoms with Crippen LogP contribution in [0.4, 0.5) is 0 Å². The fraction of sp³-hybridized carbons (Fsp3) is 0.500. The molecule has 0 atom stereocenters. The van der Waals surface area contributed by atoms with Gasteiger partial charge in [-0.2, -0.15) is 0 Å². The lowest BCUT2D eigenvalue weighted by Gasteiger charge is -2.07. The third kappa shape index (κ3) is 3.44. The second-order valence-electron chi connectivity index (χ2n) is 4.08. The smallest absolute Gasteiger partial charge is 0.189 e. The van der Waals surface area contributed by atoms with E-state index in [-0.39, 0.29) is 12.5 Å². The van der Waals surface area contributed by atoms with Crippen molar-refractivity contribution >= 4 is 0 Å². The van der Waals surface area contributed by atoms with Gasteiger partial charge in [-0.3, -0.25) is 0 Å². The van der Waals surface area contributed by atoms with Gasteiger partial charge >= 0.3 is 0 Å². The molecular formula is C12H16O3. The molecule has 15 heavy (non-hydrogen) atoms. The molecule has 1 aromatic carbocycles. The van der Waals surface area contributed by atoms with Gasteiger partial charge < -0.3 is 14.6 Å². The predicted molar refractivity (Wildman–Crippen MR) is 57.0 cm³/mol. The van der Waals surface area contributed by atoms with Gasteiger partial charge in [0.05, 0.1) is 6.61 Å². The van der Waals surface area contributed by atoms with E-state index >= 15 is 0 Å². The molecule has 1 N–H and O–H groups in total. The first-order valence-corrected chi connectivity index (χ1v) is 5.25. The van der Waals surface area contributed by atoms with E-state index in [4.69, 9.17) is 9.47 Å². The van der Waals surface area contributed by atoms with Gasteiger partial charge in [-0.1, -0.05) is 0 Å². The highest BCUT2D eigenvalue weighted by molar-refractivity contribution is 5.36. The molecule has 0 aromatic heterocycles. The molecule has 1 aliphatic carbocycles. The van der Waals surface area contributed by atoms with Crippen LogP contribution in [0.3, 0.4) is 0 Å². The molecule has 1 aromatic rings. The zero-order chi connectivity index (χ0) is 10.7. The van der Waals surface area contributed by atoms with Crippen LogP contribution in [0.15, 0.2) is 18.2 Å². The second-order valence-corrected chi connectivity index (χ2v) is 4.08. The van der Waals surface area contributed by atoms with E-state index in [0.29, 0.717) is 5.75 Å². The van der Waals surface area contributed by atoms with Gasteiger partial charge in [0.1, 0.15) is 11.5 Å². The molecule has 1 fully saturated rings. The summed E-state index contributed by atoms with van der Waals surface area (Å²) in [6.07, 6.45) is 2.57. The van der Waals surface area contributed by atoms with Crippen LogP contribution in [0.25, 0.3) is 0 Å². The highest BCUT2D eigenvalue weighted by Crippen LogP contribution is 2.28. The van der Waals surface area contributed by atoms with E-state index in [1.54, 1.807) is 12.1 Å². The van der Waals surface area contributed by atoms with E-state index < -0.39 is 0 Å². The number of phenolic OH excluding ortho intramolecular Hbond substituents is 1. The molecule has 0 bridgehead atoms. The topological polar surface area (TPSA) is 38.7 Å². The Labute approximate surface area is 89.6 Å². The van der Waals surface area contributed by atoms with E-state index in [2.05, 4.69) is 0 Å². The maximum absolute atomic E-state index is 9.33. The van der Waals surface area contributed by atoms with Gasteiger partial charge in [-0.05, 0) is 43.4 Å². The van der Waals surface area contributed by atoms with E-state index in [1.165, 1.54) is 12.8 Å². The van der Waals surface area contributed by atoms with Crippen molar-refractivity contribution in [2.24, 2.45) is 5.92 Å². The van der Waals surface area contributed by atoms with Crippen molar-refractivity contribution in [1.29, 1.82) is 0 Å². The summed E-state index contributed by atoms with van der Waals surface area (Å²) in [5, 5.41) is 9.33. The predicted octanol–water partition coefficient (Wildman–Crippen LogP) is 2.46. The minimum Gasteiger partial charge on any atom is -0.508 e. The molecule has 1 saturated carbocycles. The summed E-state index contributed by atoms with van der Waals surface area (Å²) in [5.74, 6) is 1.63. The normalized spacial score (nSPS) is 15.3. The summed E-state index contributed by atoms with van der Waals surface area (Å²) in [7, 11) is 0. The molecule has 0 spiro atoms. The minimum absolute atomic E-state index is 0.229. The van der Waals surface area contributed by atoms with Crippen molar-refractivity contribution in [1.82, 2.24) is 0 Å². The summed E-state index contributed by atoms with van der Waals surface area (Å²) < 4.78 is 10.7. The Morgan fingerprint density at radius 3 is 2.80 bits per heavy atom. The molecule has 0 amide bonds. The van der Waals surface area contributed by atoms with Crippen LogP contribution in [0.1, 0.15) is 18.4 Å². The van der Waals surface area contributed by atoms with Gasteiger partial charge in [-0.15, -0.1) is 0 Å². The van der Waals surface area contributed by atoms with Crippen molar-refractivity contribution in [3.63, 3.8) is 0 Å². The van der Waals surface area contributed by atoms with Gasteiger partial charge in [0, 0.05) is 6.07 Å². The zero-order valence-corrected chi connectivity index (χ0v) is 8.90. The molecule has 3 nitrogen and oxygen atoms in total. The van der Waals surface area contributed by atoms with Crippen LogP contribution in [-0.4, -0.2) is 18.5 Å². The Morgan fingerprint density at radius 1 is 1.33 bits per heavy atom. The Hall–Kier alpha value is -1.22. The summed E-state index contributed by atoms with van der Waals surface area (Å²) in [6, 6.07) is 5.16. The molecular weight excluding hydrogens is 192 g/mol. The lowest BCUT2D eigenvalue weighted by Crippen LogP contribution is -2.05. The zero-order valence-electron chi connectivity index (χ0n) is 8.90. The molecule has 3 heteroatoms. The summed E-state index contributed by atoms with van der Waals surface area (Å²) in [6.45, 7) is 2.97. The Bertz CT molecular complexity index is 311. The quantitative estimate of drug-likeness (QED) is 0.596. The monoisotopic (exact) mass is 208 g/mol. The van der Waals surface area contributed by atoms with Crippen LogP contribution in [0.5, 0.6) is 11.5 Å². The fourth-order valence-electron chi connectivity index (χ4n) is 1.42. The number of ether oxygens (including phenoxy) is 2. The van der Waals surface area contributed by atoms with Gasteiger partial charge in [-0.25, -0.2) is 0 Å². The molecule has 0 saturated heterocycles. The van der Waals surface area contributed by atoms with Crippen LogP contribution in [0, 0.1) is 12.8 Å². The standard InChI is InChI=1S/C12H16O3/c1-9-4-11(13)6-12(5-9)15-8-14-7-10-2-3-10/h4-6,10,13H,2-3,7-8H2,1H3. The highest BCUT2D eigenvalue weighted by atomic mass is 16.7. The first-order chi connectivity index (χ1) is 7.24. The van der Waals surface area contributed by atoms with Gasteiger partial charge in [0.15, 0.2) is 6.79 Å². The molecule has 0 aliphatic heterocycles. The minimum atomic E-state index is 0.229. The van der Waals surface area contributed by atoms with Gasteiger partial charge in [0.25, 0.3) is 0 Å². The number of aryl methyl sites for hydroxylation is 1. The fourth-order valence-corrected chi connectivity index (χ4v) is 1.42. The molecule has 0 radical (unpaired) electrons. The SMILES string of the molecule is Cc1cc(O)cc(OCOCC2CC2)c1. The number of hydrogen-bond acceptors (Lipinski definition) is 3. The van der Waals surface area contributed by atoms with Gasteiger partial charge in [0.2, 0.25) is 0 Å². The third-order valence-corrected chi connectivity index (χ3v) is 2.40. The molecule has 0 unspecified atom stereocenters. The number of aromatic hydroxyl groups is 1. The van der Waals surface area contributed by atoms with Crippen LogP contribution < -0.4 is 4.74 Å². The van der Waals surface area contributed by atoms with Crippen molar-refractivity contribution in [3.8, 4) is 11.5 Å². The Morgan fingerprint density at radius 2 is 2.13 bits per heavy atom. The third-order valence-electron chi connectivity index (χ3n) is 2.40. The van der Waals surface area contributed by atoms with Crippen molar-refractivity contribution in [2.45, 2.75) is 19.8 Å². The van der Waals surface area contributed by atoms with Crippen molar-refractivity contribution < 1.29 is 14.6 Å². The highest BCUT2D eigenvalue weighted by Gasteiger charge is 2.21. The average Bonchev–Trinajstić information content (AvgIpc) is 2.94. The lowest BCUT2D eigenvalue weighted by molar-refractivity contribution is 0.00987. The summed E-state index contributed by atoms with van der Waals surface area (Å²) in [4.78, 5) is 0. The maximum atomic E-state index is 9.33. The Balaban J connectivity index is 1.76. The molecule has 0 heterocycles. The van der Waals surface area contributed by atoms with Crippen LogP contribution in [-0.2, 0) is 4.74 Å². The number of benzene rings is 1. The number of rotatable bonds is 5. The van der Waals surface area contributed by atoms with Crippen molar-refractivity contribution in [3.05, 3.63) is 23.8 Å². The lowest BCUT2D eigenvalue weighted by atomic mass is 10.2. The summed E-state index contributed by atoms with van der Waals surface area (Å²) >= 11 is 0. The van der Waals surface area contributed by atoms with Crippen LogP contribution in [0.2, 0.25) is 0 Å². The molecule has 82 valence electrons. The Kier molecular flexibility index (Phi) is 3.11. The van der Waals surface area contributed by atoms with E-state index in [0.717, 1.165) is 18.1 Å². The largest absolute Gasteiger partial charge is 0.508 e. The first-order valence-electron chi connectivity index (χ1n) is 5.25.